The monoisotopic (exact) mass is 716 g/mol. The minimum Gasteiger partial charge on any atom is -0.455 e. The molecule has 0 aliphatic carbocycles. The molecule has 0 unspecified atom stereocenters. The molecule has 0 atom stereocenters. The first kappa shape index (κ1) is 31.9. The molecule has 0 saturated carbocycles. The average molecular weight is 717 g/mol. The van der Waals surface area contributed by atoms with Crippen molar-refractivity contribution < 1.29 is 8.83 Å². The van der Waals surface area contributed by atoms with Crippen LogP contribution in [-0.2, 0) is 0 Å². The number of furan rings is 2. The molecule has 0 aliphatic rings. The van der Waals surface area contributed by atoms with Gasteiger partial charge in [-0.3, -0.25) is 0 Å². The zero-order valence-electron chi connectivity index (χ0n) is 30.2. The molecule has 56 heavy (non-hydrogen) atoms. The highest BCUT2D eigenvalue weighted by molar-refractivity contribution is 6.19. The van der Waals surface area contributed by atoms with Gasteiger partial charge >= 0.3 is 0 Å². The predicted octanol–water partition coefficient (Wildman–Crippen LogP) is 14.3. The van der Waals surface area contributed by atoms with Gasteiger partial charge in [0, 0.05) is 49.4 Å². The van der Waals surface area contributed by atoms with E-state index in [2.05, 4.69) is 146 Å². The minimum absolute atomic E-state index is 0.684. The van der Waals surface area contributed by atoms with Crippen molar-refractivity contribution in [2.75, 3.05) is 0 Å². The van der Waals surface area contributed by atoms with Crippen molar-refractivity contribution in [3.8, 4) is 67.3 Å². The first-order valence-electron chi connectivity index (χ1n) is 18.8. The quantitative estimate of drug-likeness (QED) is 0.172. The third-order valence-corrected chi connectivity index (χ3v) is 10.8. The van der Waals surface area contributed by atoms with Crippen molar-refractivity contribution in [2.24, 2.45) is 0 Å². The molecule has 3 aromatic heterocycles. The Hall–Kier alpha value is -7.56. The molecule has 0 N–H and O–H groups in total. The van der Waals surface area contributed by atoms with Crippen LogP contribution in [0.5, 0.6) is 0 Å². The smallest absolute Gasteiger partial charge is 0.160 e. The van der Waals surface area contributed by atoms with E-state index in [-0.39, 0.29) is 0 Å². The second kappa shape index (κ2) is 13.1. The number of benzene rings is 8. The molecule has 0 amide bonds. The zero-order chi connectivity index (χ0) is 37.0. The molecule has 0 aliphatic heterocycles. The average Bonchev–Trinajstić information content (AvgIpc) is 3.86. The van der Waals surface area contributed by atoms with Crippen molar-refractivity contribution in [2.45, 2.75) is 0 Å². The molecule has 8 aromatic carbocycles. The molecule has 0 spiro atoms. The Morgan fingerprint density at radius 1 is 0.304 bits per heavy atom. The molecule has 0 radical (unpaired) electrons. The maximum atomic E-state index is 6.71. The van der Waals surface area contributed by atoms with Crippen LogP contribution < -0.4 is 0 Å². The number of rotatable bonds is 6. The molecule has 11 rings (SSSR count). The van der Waals surface area contributed by atoms with Gasteiger partial charge in [0.15, 0.2) is 5.82 Å². The van der Waals surface area contributed by atoms with Gasteiger partial charge in [-0.2, -0.15) is 0 Å². The highest BCUT2D eigenvalue weighted by atomic mass is 16.3. The summed E-state index contributed by atoms with van der Waals surface area (Å²) in [6, 6.07) is 67.1. The van der Waals surface area contributed by atoms with Crippen LogP contribution in [0.1, 0.15) is 0 Å². The predicted molar refractivity (Wildman–Crippen MR) is 229 cm³/mol. The Balaban J connectivity index is 1.05. The Morgan fingerprint density at radius 3 is 1.62 bits per heavy atom. The highest BCUT2D eigenvalue weighted by Crippen LogP contribution is 2.45. The summed E-state index contributed by atoms with van der Waals surface area (Å²) in [5.74, 6) is 0.684. The Morgan fingerprint density at radius 2 is 0.839 bits per heavy atom. The zero-order valence-corrected chi connectivity index (χ0v) is 30.2. The maximum absolute atomic E-state index is 6.71. The van der Waals surface area contributed by atoms with Gasteiger partial charge in [-0.25, -0.2) is 9.97 Å². The minimum atomic E-state index is 0.684. The molecular formula is C52H32N2O2. The fourth-order valence-corrected chi connectivity index (χ4v) is 8.09. The molecular weight excluding hydrogens is 685 g/mol. The van der Waals surface area contributed by atoms with Gasteiger partial charge in [0.05, 0.1) is 11.4 Å². The van der Waals surface area contributed by atoms with Crippen molar-refractivity contribution >= 4 is 43.9 Å². The van der Waals surface area contributed by atoms with Crippen molar-refractivity contribution in [3.05, 3.63) is 194 Å². The number of aromatic nitrogens is 2. The summed E-state index contributed by atoms with van der Waals surface area (Å²) in [7, 11) is 0. The second-order valence-electron chi connectivity index (χ2n) is 14.1. The SMILES string of the molecule is c1ccc(-c2nc(-c3ccc(-c4ccc(-c5cccc6c5oc5ccccc56)c5c4oc4ccccc45)cc3)cc(-c3ccccc3-c3ccccc3)n2)cc1. The molecule has 4 heteroatoms. The third-order valence-electron chi connectivity index (χ3n) is 10.8. The van der Waals surface area contributed by atoms with E-state index in [4.69, 9.17) is 18.8 Å². The lowest BCUT2D eigenvalue weighted by Crippen LogP contribution is -1.97. The van der Waals surface area contributed by atoms with Crippen LogP contribution in [0.2, 0.25) is 0 Å². The van der Waals surface area contributed by atoms with Gasteiger partial charge in [-0.1, -0.05) is 170 Å². The lowest BCUT2D eigenvalue weighted by Gasteiger charge is -2.13. The fraction of sp³-hybridized carbons (Fsp3) is 0. The number of nitrogens with zero attached hydrogens (tertiary/aromatic N) is 2. The molecule has 0 bridgehead atoms. The van der Waals surface area contributed by atoms with Crippen molar-refractivity contribution in [1.82, 2.24) is 9.97 Å². The molecule has 3 heterocycles. The van der Waals surface area contributed by atoms with E-state index in [1.54, 1.807) is 0 Å². The van der Waals surface area contributed by atoms with Gasteiger partial charge in [0.25, 0.3) is 0 Å². The van der Waals surface area contributed by atoms with E-state index in [0.717, 1.165) is 105 Å². The lowest BCUT2D eigenvalue weighted by molar-refractivity contribution is 0.669. The Labute approximate surface area is 323 Å². The summed E-state index contributed by atoms with van der Waals surface area (Å²) >= 11 is 0. The molecule has 262 valence electrons. The van der Waals surface area contributed by atoms with E-state index in [1.807, 2.05) is 48.5 Å². The molecule has 0 saturated heterocycles. The largest absolute Gasteiger partial charge is 0.455 e. The van der Waals surface area contributed by atoms with E-state index in [9.17, 15) is 0 Å². The van der Waals surface area contributed by atoms with E-state index in [1.165, 1.54) is 0 Å². The summed E-state index contributed by atoms with van der Waals surface area (Å²) in [4.78, 5) is 10.3. The number of hydrogen-bond donors (Lipinski definition) is 0. The topological polar surface area (TPSA) is 52.1 Å². The van der Waals surface area contributed by atoms with E-state index < -0.39 is 0 Å². The summed E-state index contributed by atoms with van der Waals surface area (Å²) in [6.07, 6.45) is 0. The van der Waals surface area contributed by atoms with Crippen LogP contribution in [0.3, 0.4) is 0 Å². The number of hydrogen-bond acceptors (Lipinski definition) is 4. The van der Waals surface area contributed by atoms with Gasteiger partial charge in [0.1, 0.15) is 22.3 Å². The fourth-order valence-electron chi connectivity index (χ4n) is 8.09. The molecule has 0 fully saturated rings. The Kier molecular flexibility index (Phi) is 7.46. The molecule has 11 aromatic rings. The van der Waals surface area contributed by atoms with Crippen LogP contribution in [0.4, 0.5) is 0 Å². The number of para-hydroxylation sites is 3. The van der Waals surface area contributed by atoms with Crippen LogP contribution in [0, 0.1) is 0 Å². The second-order valence-corrected chi connectivity index (χ2v) is 14.1. The number of fused-ring (bicyclic) bond motifs is 6. The summed E-state index contributed by atoms with van der Waals surface area (Å²) < 4.78 is 13.2. The summed E-state index contributed by atoms with van der Waals surface area (Å²) in [5.41, 5.74) is 14.7. The van der Waals surface area contributed by atoms with Crippen molar-refractivity contribution in [1.29, 1.82) is 0 Å². The molecule has 4 nitrogen and oxygen atoms in total. The van der Waals surface area contributed by atoms with Crippen LogP contribution in [0.25, 0.3) is 111 Å². The summed E-state index contributed by atoms with van der Waals surface area (Å²) in [5, 5.41) is 4.36. The Bertz CT molecular complexity index is 3230. The maximum Gasteiger partial charge on any atom is 0.160 e. The van der Waals surface area contributed by atoms with Gasteiger partial charge in [0.2, 0.25) is 0 Å². The van der Waals surface area contributed by atoms with E-state index >= 15 is 0 Å². The van der Waals surface area contributed by atoms with Crippen LogP contribution in [-0.4, -0.2) is 9.97 Å². The third kappa shape index (κ3) is 5.31. The van der Waals surface area contributed by atoms with E-state index in [0.29, 0.717) is 5.82 Å². The first-order chi connectivity index (χ1) is 27.8. The van der Waals surface area contributed by atoms with Gasteiger partial charge in [-0.05, 0) is 46.5 Å². The normalized spacial score (nSPS) is 11.6. The summed E-state index contributed by atoms with van der Waals surface area (Å²) in [6.45, 7) is 0. The van der Waals surface area contributed by atoms with Crippen LogP contribution in [0.15, 0.2) is 203 Å². The first-order valence-corrected chi connectivity index (χ1v) is 18.8. The van der Waals surface area contributed by atoms with Gasteiger partial charge < -0.3 is 8.83 Å². The highest BCUT2D eigenvalue weighted by Gasteiger charge is 2.21. The van der Waals surface area contributed by atoms with Crippen molar-refractivity contribution in [3.63, 3.8) is 0 Å². The lowest BCUT2D eigenvalue weighted by atomic mass is 9.93. The van der Waals surface area contributed by atoms with Crippen LogP contribution >= 0.6 is 0 Å². The van der Waals surface area contributed by atoms with Gasteiger partial charge in [-0.15, -0.1) is 0 Å². The standard InChI is InChI=1S/C52H32N2O2/c1-3-14-33(15-4-1)37-18-7-8-19-39(37)46-32-45(53-52(54-46)36-16-5-2-6-17-36)35-28-26-34(27-29-35)38-30-31-41(49-44-21-10-12-25-48(44)56-51(38)49)43-23-13-22-42-40-20-9-11-24-47(40)55-50(42)43/h1-32H.